The minimum absolute atomic E-state index is 0.379. The number of anilines is 1. The van der Waals surface area contributed by atoms with Gasteiger partial charge in [0.15, 0.2) is 0 Å². The normalized spacial score (nSPS) is 25.9. The second-order valence-corrected chi connectivity index (χ2v) is 14.3. The van der Waals surface area contributed by atoms with E-state index in [0.29, 0.717) is 31.4 Å². The van der Waals surface area contributed by atoms with E-state index >= 15 is 0 Å². The SMILES string of the molecule is Cc1ccc(NP(=O)(OC2CC(C)(C)N(O)C(C)(C)C2)OC2CC(C)(C)N(O)C(C)(C)C2)cc1. The molecule has 0 spiro atoms. The van der Waals surface area contributed by atoms with Gasteiger partial charge < -0.3 is 10.4 Å². The summed E-state index contributed by atoms with van der Waals surface area (Å²) >= 11 is 0. The van der Waals surface area contributed by atoms with Crippen molar-refractivity contribution in [3.05, 3.63) is 29.8 Å². The zero-order valence-corrected chi connectivity index (χ0v) is 23.1. The van der Waals surface area contributed by atoms with Gasteiger partial charge in [-0.2, -0.15) is 10.1 Å². The maximum atomic E-state index is 14.3. The van der Waals surface area contributed by atoms with E-state index in [4.69, 9.17) is 9.05 Å². The molecule has 0 radical (unpaired) electrons. The summed E-state index contributed by atoms with van der Waals surface area (Å²) in [5.41, 5.74) is -0.439. The van der Waals surface area contributed by atoms with Crippen molar-refractivity contribution in [3.8, 4) is 0 Å². The number of rotatable bonds is 6. The molecule has 3 rings (SSSR count). The minimum atomic E-state index is -3.81. The average Bonchev–Trinajstić information content (AvgIpc) is 2.65. The van der Waals surface area contributed by atoms with E-state index in [9.17, 15) is 15.0 Å². The maximum absolute atomic E-state index is 14.3. The van der Waals surface area contributed by atoms with Crippen molar-refractivity contribution < 1.29 is 24.0 Å². The maximum Gasteiger partial charge on any atom is 0.433 e. The average molecular weight is 498 g/mol. The molecule has 0 unspecified atom stereocenters. The third kappa shape index (κ3) is 6.04. The molecule has 0 bridgehead atoms. The molecule has 8 nitrogen and oxygen atoms in total. The molecule has 0 aliphatic carbocycles. The minimum Gasteiger partial charge on any atom is -0.313 e. The van der Waals surface area contributed by atoms with E-state index in [1.807, 2.05) is 86.6 Å². The number of hydroxylamine groups is 4. The van der Waals surface area contributed by atoms with Gasteiger partial charge >= 0.3 is 7.75 Å². The Morgan fingerprint density at radius 1 is 0.765 bits per heavy atom. The molecule has 2 aliphatic heterocycles. The fraction of sp³-hybridized carbons (Fsp3) is 0.760. The van der Waals surface area contributed by atoms with Gasteiger partial charge in [0.25, 0.3) is 0 Å². The van der Waals surface area contributed by atoms with Gasteiger partial charge in [0.1, 0.15) is 0 Å². The number of benzene rings is 1. The molecule has 0 aromatic heterocycles. The Labute approximate surface area is 205 Å². The molecule has 0 saturated carbocycles. The van der Waals surface area contributed by atoms with Crippen molar-refractivity contribution in [1.29, 1.82) is 0 Å². The molecule has 34 heavy (non-hydrogen) atoms. The van der Waals surface area contributed by atoms with Gasteiger partial charge in [-0.05, 0) is 100 Å². The van der Waals surface area contributed by atoms with Crippen LogP contribution in [-0.4, -0.2) is 54.9 Å². The van der Waals surface area contributed by atoms with E-state index in [0.717, 1.165) is 5.56 Å². The molecule has 2 saturated heterocycles. The van der Waals surface area contributed by atoms with Gasteiger partial charge in [-0.15, -0.1) is 0 Å². The van der Waals surface area contributed by atoms with Crippen LogP contribution in [0, 0.1) is 6.92 Å². The van der Waals surface area contributed by atoms with Gasteiger partial charge in [0, 0.05) is 27.8 Å². The van der Waals surface area contributed by atoms with Crippen molar-refractivity contribution >= 4 is 13.4 Å². The topological polar surface area (TPSA) is 94.5 Å². The standard InChI is InChI=1S/C25H44N3O5P/c1-18-10-12-19(13-11-18)26-34(31,32-20-14-22(2,3)27(29)23(4,5)15-20)33-21-16-24(6,7)28(30)25(8,9)17-21/h10-13,20-21,29-30H,14-17H2,1-9H3,(H,26,31). The number of hydrogen-bond donors (Lipinski definition) is 3. The van der Waals surface area contributed by atoms with E-state index in [1.165, 1.54) is 10.1 Å². The van der Waals surface area contributed by atoms with Crippen LogP contribution in [-0.2, 0) is 13.6 Å². The van der Waals surface area contributed by atoms with Gasteiger partial charge in [0.2, 0.25) is 0 Å². The summed E-state index contributed by atoms with van der Waals surface area (Å²) in [5, 5.41) is 27.2. The monoisotopic (exact) mass is 497 g/mol. The second-order valence-electron chi connectivity index (χ2n) is 12.6. The quantitative estimate of drug-likeness (QED) is 0.390. The van der Waals surface area contributed by atoms with E-state index < -0.39 is 29.9 Å². The van der Waals surface area contributed by atoms with Crippen LogP contribution in [0.5, 0.6) is 0 Å². The Morgan fingerprint density at radius 2 is 1.09 bits per heavy atom. The predicted molar refractivity (Wildman–Crippen MR) is 134 cm³/mol. The molecule has 1 aromatic carbocycles. The van der Waals surface area contributed by atoms with Crippen molar-refractivity contribution in [2.45, 2.75) is 122 Å². The van der Waals surface area contributed by atoms with E-state index in [1.54, 1.807) is 0 Å². The van der Waals surface area contributed by atoms with Crippen LogP contribution in [0.3, 0.4) is 0 Å². The lowest BCUT2D eigenvalue weighted by molar-refractivity contribution is -0.258. The lowest BCUT2D eigenvalue weighted by atomic mass is 9.80. The van der Waals surface area contributed by atoms with Gasteiger partial charge in [-0.25, -0.2) is 4.57 Å². The fourth-order valence-corrected chi connectivity index (χ4v) is 7.47. The van der Waals surface area contributed by atoms with Crippen molar-refractivity contribution in [2.24, 2.45) is 0 Å². The molecule has 194 valence electrons. The zero-order chi connectivity index (χ0) is 25.7. The summed E-state index contributed by atoms with van der Waals surface area (Å²) < 4.78 is 26.9. The summed E-state index contributed by atoms with van der Waals surface area (Å²) in [6.45, 7) is 17.6. The highest BCUT2D eigenvalue weighted by Gasteiger charge is 2.50. The number of piperidine rings is 2. The molecular formula is C25H44N3O5P. The van der Waals surface area contributed by atoms with Crippen LogP contribution in [0.15, 0.2) is 24.3 Å². The van der Waals surface area contributed by atoms with Crippen LogP contribution >= 0.6 is 7.75 Å². The highest BCUT2D eigenvalue weighted by Crippen LogP contribution is 2.55. The van der Waals surface area contributed by atoms with Gasteiger partial charge in [-0.1, -0.05) is 17.7 Å². The van der Waals surface area contributed by atoms with Gasteiger partial charge in [0.05, 0.1) is 12.2 Å². The Balaban J connectivity index is 1.89. The lowest BCUT2D eigenvalue weighted by Gasteiger charge is -2.52. The summed E-state index contributed by atoms with van der Waals surface area (Å²) in [5.74, 6) is 0. The molecule has 0 atom stereocenters. The first-order valence-corrected chi connectivity index (χ1v) is 13.7. The van der Waals surface area contributed by atoms with Crippen LogP contribution in [0.25, 0.3) is 0 Å². The summed E-state index contributed by atoms with van der Waals surface area (Å²) in [7, 11) is -3.81. The molecule has 3 N–H and O–H groups in total. The highest BCUT2D eigenvalue weighted by atomic mass is 31.2. The number of hydrogen-bond acceptors (Lipinski definition) is 7. The molecular weight excluding hydrogens is 453 g/mol. The smallest absolute Gasteiger partial charge is 0.313 e. The van der Waals surface area contributed by atoms with Gasteiger partial charge in [-0.3, -0.25) is 14.1 Å². The first-order chi connectivity index (χ1) is 15.4. The third-order valence-corrected chi connectivity index (χ3v) is 8.78. The van der Waals surface area contributed by atoms with Crippen molar-refractivity contribution in [2.75, 3.05) is 5.09 Å². The van der Waals surface area contributed by atoms with Crippen LogP contribution in [0.1, 0.15) is 86.6 Å². The fourth-order valence-electron chi connectivity index (χ4n) is 5.76. The van der Waals surface area contributed by atoms with E-state index in [-0.39, 0.29) is 12.2 Å². The van der Waals surface area contributed by atoms with E-state index in [2.05, 4.69) is 5.09 Å². The molecule has 2 aliphatic rings. The Morgan fingerprint density at radius 3 is 1.41 bits per heavy atom. The largest absolute Gasteiger partial charge is 0.433 e. The van der Waals surface area contributed by atoms with Crippen molar-refractivity contribution in [1.82, 2.24) is 10.1 Å². The Hall–Kier alpha value is -0.990. The lowest BCUT2D eigenvalue weighted by Crippen LogP contribution is -2.61. The molecule has 9 heteroatoms. The number of nitrogens with one attached hydrogen (secondary N) is 1. The Bertz CT molecular complexity index is 832. The van der Waals surface area contributed by atoms with Crippen LogP contribution < -0.4 is 5.09 Å². The third-order valence-electron chi connectivity index (χ3n) is 7.10. The summed E-state index contributed by atoms with van der Waals surface area (Å²) in [6, 6.07) is 7.62. The Kier molecular flexibility index (Phi) is 7.42. The first kappa shape index (κ1) is 27.6. The second kappa shape index (κ2) is 9.15. The highest BCUT2D eigenvalue weighted by molar-refractivity contribution is 7.55. The van der Waals surface area contributed by atoms with Crippen molar-refractivity contribution in [3.63, 3.8) is 0 Å². The predicted octanol–water partition coefficient (Wildman–Crippen LogP) is 6.37. The van der Waals surface area contributed by atoms with Crippen LogP contribution in [0.4, 0.5) is 5.69 Å². The molecule has 0 amide bonds. The van der Waals surface area contributed by atoms with Crippen LogP contribution in [0.2, 0.25) is 0 Å². The summed E-state index contributed by atoms with van der Waals surface area (Å²) in [4.78, 5) is 0. The number of aryl methyl sites for hydroxylation is 1. The number of nitrogens with zero attached hydrogens (tertiary/aromatic N) is 2. The molecule has 2 fully saturated rings. The zero-order valence-electron chi connectivity index (χ0n) is 22.3. The summed E-state index contributed by atoms with van der Waals surface area (Å²) in [6.07, 6.45) is 1.25. The molecule has 2 heterocycles. The molecule has 1 aromatic rings. The first-order valence-electron chi connectivity index (χ1n) is 12.2.